The third kappa shape index (κ3) is 1.87. The monoisotopic (exact) mass is 164 g/mol. The number of rotatable bonds is 2. The molecular weight excluding hydrogens is 152 g/mol. The molecule has 1 heterocycles. The first-order valence-electron chi connectivity index (χ1n) is 3.97. The Balaban J connectivity index is 2.93. The fraction of sp³-hybridized carbons (Fsp3) is 0.444. The van der Waals surface area contributed by atoms with Gasteiger partial charge in [0.05, 0.1) is 0 Å². The van der Waals surface area contributed by atoms with Gasteiger partial charge in [-0.25, -0.2) is 9.98 Å². The van der Waals surface area contributed by atoms with E-state index in [0.29, 0.717) is 17.3 Å². The number of aldehydes is 1. The van der Waals surface area contributed by atoms with Gasteiger partial charge in [0.25, 0.3) is 0 Å². The Morgan fingerprint density at radius 1 is 1.83 bits per heavy atom. The van der Waals surface area contributed by atoms with E-state index < -0.39 is 0 Å². The van der Waals surface area contributed by atoms with Crippen LogP contribution in [0.5, 0.6) is 0 Å². The fourth-order valence-electron chi connectivity index (χ4n) is 1.10. The molecule has 0 aromatic carbocycles. The molecule has 12 heavy (non-hydrogen) atoms. The Kier molecular flexibility index (Phi) is 2.91. The van der Waals surface area contributed by atoms with E-state index in [1.165, 1.54) is 0 Å². The van der Waals surface area contributed by atoms with Crippen LogP contribution in [0.15, 0.2) is 21.4 Å². The summed E-state index contributed by atoms with van der Waals surface area (Å²) in [6.07, 6.45) is 4.34. The molecular formula is C9H12N2O. The van der Waals surface area contributed by atoms with Crippen LogP contribution in [0.2, 0.25) is 0 Å². The summed E-state index contributed by atoms with van der Waals surface area (Å²) in [5.41, 5.74) is 0.658. The van der Waals surface area contributed by atoms with Gasteiger partial charge in [0, 0.05) is 11.8 Å². The van der Waals surface area contributed by atoms with Crippen molar-refractivity contribution in [3.05, 3.63) is 11.4 Å². The van der Waals surface area contributed by atoms with Crippen molar-refractivity contribution in [2.75, 3.05) is 0 Å². The van der Waals surface area contributed by atoms with Gasteiger partial charge in [-0.3, -0.25) is 4.79 Å². The summed E-state index contributed by atoms with van der Waals surface area (Å²) in [5, 5.41) is 0. The van der Waals surface area contributed by atoms with Crippen LogP contribution in [0.4, 0.5) is 0 Å². The molecule has 1 aliphatic heterocycles. The lowest BCUT2D eigenvalue weighted by atomic mass is 10.0. The van der Waals surface area contributed by atoms with Crippen molar-refractivity contribution in [3.63, 3.8) is 0 Å². The summed E-state index contributed by atoms with van der Waals surface area (Å²) >= 11 is 0. The molecule has 0 aliphatic carbocycles. The van der Waals surface area contributed by atoms with Crippen molar-refractivity contribution in [1.82, 2.24) is 0 Å². The number of hydrogen-bond acceptors (Lipinski definition) is 3. The normalized spacial score (nSPS) is 23.6. The minimum atomic E-state index is 0.416. The standard InChI is InChI=1S/C9H12N2O/c1-7-3-4-8(6-12)9(10-2)11-5-7/h5-7H,2-4H2,1H3. The lowest BCUT2D eigenvalue weighted by Gasteiger charge is -1.99. The van der Waals surface area contributed by atoms with E-state index >= 15 is 0 Å². The quantitative estimate of drug-likeness (QED) is 0.451. The Labute approximate surface area is 71.9 Å². The lowest BCUT2D eigenvalue weighted by Crippen LogP contribution is -1.94. The van der Waals surface area contributed by atoms with Gasteiger partial charge in [-0.05, 0) is 25.5 Å². The molecule has 0 bridgehead atoms. The summed E-state index contributed by atoms with van der Waals surface area (Å²) in [6.45, 7) is 5.44. The fourth-order valence-corrected chi connectivity index (χ4v) is 1.10. The van der Waals surface area contributed by atoms with Crippen LogP contribution >= 0.6 is 0 Å². The van der Waals surface area contributed by atoms with E-state index in [-0.39, 0.29) is 0 Å². The Morgan fingerprint density at radius 2 is 2.58 bits per heavy atom. The van der Waals surface area contributed by atoms with Gasteiger partial charge in [0.2, 0.25) is 0 Å². The van der Waals surface area contributed by atoms with Crippen molar-refractivity contribution >= 4 is 19.2 Å². The molecule has 64 valence electrons. The second-order valence-electron chi connectivity index (χ2n) is 2.92. The van der Waals surface area contributed by atoms with Gasteiger partial charge in [0.15, 0.2) is 5.82 Å². The van der Waals surface area contributed by atoms with Crippen molar-refractivity contribution in [3.8, 4) is 0 Å². The number of allylic oxidation sites excluding steroid dienone is 1. The molecule has 3 heteroatoms. The molecule has 0 N–H and O–H groups in total. The zero-order chi connectivity index (χ0) is 8.97. The van der Waals surface area contributed by atoms with E-state index in [0.717, 1.165) is 19.1 Å². The first kappa shape index (κ1) is 8.84. The van der Waals surface area contributed by atoms with Crippen molar-refractivity contribution < 1.29 is 4.79 Å². The molecule has 0 fully saturated rings. The van der Waals surface area contributed by atoms with Crippen LogP contribution in [0, 0.1) is 5.92 Å². The average molecular weight is 164 g/mol. The zero-order valence-corrected chi connectivity index (χ0v) is 7.16. The number of hydrogen-bond donors (Lipinski definition) is 0. The van der Waals surface area contributed by atoms with Crippen LogP contribution in [-0.4, -0.2) is 19.2 Å². The smallest absolute Gasteiger partial charge is 0.157 e. The summed E-state index contributed by atoms with van der Waals surface area (Å²) in [6, 6.07) is 0. The lowest BCUT2D eigenvalue weighted by molar-refractivity contribution is -0.105. The van der Waals surface area contributed by atoms with Gasteiger partial charge in [0.1, 0.15) is 6.29 Å². The third-order valence-corrected chi connectivity index (χ3v) is 1.90. The molecule has 0 aromatic heterocycles. The third-order valence-electron chi connectivity index (χ3n) is 1.90. The average Bonchev–Trinajstić information content (AvgIpc) is 2.27. The second-order valence-corrected chi connectivity index (χ2v) is 2.92. The molecule has 0 aromatic rings. The number of aliphatic imine (C=N–C) groups is 2. The minimum Gasteiger partial charge on any atom is -0.298 e. The van der Waals surface area contributed by atoms with Gasteiger partial charge >= 0.3 is 0 Å². The number of carbonyl (C=O) groups excluding carboxylic acids is 1. The van der Waals surface area contributed by atoms with E-state index in [1.54, 1.807) is 0 Å². The highest BCUT2D eigenvalue weighted by molar-refractivity contribution is 5.77. The van der Waals surface area contributed by atoms with E-state index in [9.17, 15) is 4.79 Å². The first-order chi connectivity index (χ1) is 5.77. The first-order valence-corrected chi connectivity index (χ1v) is 3.97. The maximum Gasteiger partial charge on any atom is 0.157 e. The summed E-state index contributed by atoms with van der Waals surface area (Å²) in [4.78, 5) is 18.3. The maximum absolute atomic E-state index is 10.6. The van der Waals surface area contributed by atoms with Crippen molar-refractivity contribution in [2.24, 2.45) is 15.9 Å². The maximum atomic E-state index is 10.6. The van der Waals surface area contributed by atoms with Gasteiger partial charge in [-0.2, -0.15) is 0 Å². The number of nitrogens with zero attached hydrogens (tertiary/aromatic N) is 2. The minimum absolute atomic E-state index is 0.416. The summed E-state index contributed by atoms with van der Waals surface area (Å²) < 4.78 is 0. The van der Waals surface area contributed by atoms with E-state index in [1.807, 2.05) is 6.21 Å². The molecule has 3 nitrogen and oxygen atoms in total. The summed E-state index contributed by atoms with van der Waals surface area (Å²) in [7, 11) is 0. The van der Waals surface area contributed by atoms with Crippen LogP contribution in [0.1, 0.15) is 19.8 Å². The molecule has 1 aliphatic rings. The second kappa shape index (κ2) is 3.95. The molecule has 1 atom stereocenters. The molecule has 0 amide bonds. The highest BCUT2D eigenvalue weighted by atomic mass is 16.1. The Bertz CT molecular complexity index is 253. The highest BCUT2D eigenvalue weighted by Gasteiger charge is 2.10. The van der Waals surface area contributed by atoms with Gasteiger partial charge < -0.3 is 0 Å². The molecule has 1 rings (SSSR count). The predicted molar refractivity (Wildman–Crippen MR) is 49.5 cm³/mol. The van der Waals surface area contributed by atoms with E-state index in [4.69, 9.17) is 0 Å². The Morgan fingerprint density at radius 3 is 3.17 bits per heavy atom. The highest BCUT2D eigenvalue weighted by Crippen LogP contribution is 2.18. The molecule has 0 spiro atoms. The van der Waals surface area contributed by atoms with E-state index in [2.05, 4.69) is 23.6 Å². The van der Waals surface area contributed by atoms with Crippen molar-refractivity contribution in [1.29, 1.82) is 0 Å². The van der Waals surface area contributed by atoms with Crippen LogP contribution in [0.3, 0.4) is 0 Å². The molecule has 0 saturated heterocycles. The van der Waals surface area contributed by atoms with Crippen LogP contribution < -0.4 is 0 Å². The number of carbonyl (C=O) groups is 1. The zero-order valence-electron chi connectivity index (χ0n) is 7.16. The molecule has 0 saturated carbocycles. The SMILES string of the molecule is C=NC1=C(C=O)CCC(C)C=N1. The van der Waals surface area contributed by atoms with Crippen LogP contribution in [-0.2, 0) is 4.79 Å². The van der Waals surface area contributed by atoms with Crippen molar-refractivity contribution in [2.45, 2.75) is 19.8 Å². The topological polar surface area (TPSA) is 41.8 Å². The van der Waals surface area contributed by atoms with Gasteiger partial charge in [-0.15, -0.1) is 0 Å². The largest absolute Gasteiger partial charge is 0.298 e. The van der Waals surface area contributed by atoms with Crippen LogP contribution in [0.25, 0.3) is 0 Å². The molecule has 0 radical (unpaired) electrons. The summed E-state index contributed by atoms with van der Waals surface area (Å²) in [5.74, 6) is 0.897. The van der Waals surface area contributed by atoms with Gasteiger partial charge in [-0.1, -0.05) is 6.92 Å². The Hall–Kier alpha value is -1.25. The predicted octanol–water partition coefficient (Wildman–Crippen LogP) is 1.60. The molecule has 1 unspecified atom stereocenters.